The van der Waals surface area contributed by atoms with Gasteiger partial charge in [0.05, 0.1) is 6.04 Å². The third-order valence-corrected chi connectivity index (χ3v) is 14.5. The van der Waals surface area contributed by atoms with Gasteiger partial charge in [-0.25, -0.2) is 4.79 Å². The summed E-state index contributed by atoms with van der Waals surface area (Å²) in [6.07, 6.45) is 8.57. The second-order valence-electron chi connectivity index (χ2n) is 20.7. The Labute approximate surface area is 493 Å². The Morgan fingerprint density at radius 3 is 1.15 bits per heavy atom. The van der Waals surface area contributed by atoms with Crippen molar-refractivity contribution in [3.63, 3.8) is 0 Å². The van der Waals surface area contributed by atoms with Crippen LogP contribution in [-0.2, 0) is 43.2 Å². The predicted octanol–water partition coefficient (Wildman–Crippen LogP) is -2.63. The highest BCUT2D eigenvalue weighted by atomic mass is 32.2. The molecule has 0 bridgehead atoms. The molecule has 0 aromatic heterocycles. The van der Waals surface area contributed by atoms with E-state index in [0.717, 1.165) is 0 Å². The molecule has 28 nitrogen and oxygen atoms in total. The summed E-state index contributed by atoms with van der Waals surface area (Å²) in [4.78, 5) is 132. The van der Waals surface area contributed by atoms with E-state index in [1.165, 1.54) is 23.5 Å². The first kappa shape index (κ1) is 76.3. The van der Waals surface area contributed by atoms with Gasteiger partial charge in [-0.3, -0.25) is 48.3 Å². The molecule has 0 spiro atoms. The minimum absolute atomic E-state index is 0.00181. The van der Waals surface area contributed by atoms with Gasteiger partial charge in [0.1, 0.15) is 48.3 Å². The molecular weight excluding hydrogens is 1100 g/mol. The first-order valence-electron chi connectivity index (χ1n) is 28.5. The van der Waals surface area contributed by atoms with Crippen molar-refractivity contribution in [1.29, 1.82) is 0 Å². The minimum atomic E-state index is -1.31. The molecule has 8 amide bonds. The number of unbranched alkanes of at least 4 members (excludes halogenated alkanes) is 3. The smallest absolute Gasteiger partial charge is 0.326 e. The molecule has 0 unspecified atom stereocenters. The van der Waals surface area contributed by atoms with Crippen molar-refractivity contribution < 1.29 is 48.3 Å². The molecular formula is C52H102N18O10S2. The van der Waals surface area contributed by atoms with Crippen LogP contribution < -0.4 is 88.4 Å². The quantitative estimate of drug-likeness (QED) is 0.0168. The Kier molecular flexibility index (Phi) is 41.7. The van der Waals surface area contributed by atoms with Crippen LogP contribution in [0.25, 0.3) is 0 Å². The van der Waals surface area contributed by atoms with E-state index in [4.69, 9.17) is 45.9 Å². The molecule has 0 aliphatic heterocycles. The zero-order valence-electron chi connectivity index (χ0n) is 49.3. The number of guanidine groups is 2. The lowest BCUT2D eigenvalue weighted by molar-refractivity contribution is -0.142. The maximum atomic E-state index is 14.4. The number of nitrogens with zero attached hydrogens (tertiary/aromatic N) is 2. The Morgan fingerprint density at radius 1 is 0.439 bits per heavy atom. The summed E-state index contributed by atoms with van der Waals surface area (Å²) in [5.74, 6) is -6.96. The van der Waals surface area contributed by atoms with Crippen LogP contribution in [0.4, 0.5) is 0 Å². The zero-order valence-corrected chi connectivity index (χ0v) is 50.9. The fraction of sp³-hybridized carbons (Fsp3) is 0.788. The number of hydrogen-bond acceptors (Lipinski definition) is 17. The van der Waals surface area contributed by atoms with Crippen molar-refractivity contribution in [2.24, 2.45) is 67.7 Å². The second kappa shape index (κ2) is 44.8. The van der Waals surface area contributed by atoms with Crippen molar-refractivity contribution in [2.75, 3.05) is 56.7 Å². The van der Waals surface area contributed by atoms with Gasteiger partial charge in [0, 0.05) is 13.1 Å². The van der Waals surface area contributed by atoms with Crippen molar-refractivity contribution in [1.82, 2.24) is 42.5 Å². The van der Waals surface area contributed by atoms with Crippen LogP contribution in [0.5, 0.6) is 0 Å². The number of nitrogens with one attached hydrogen (secondary N) is 8. The van der Waals surface area contributed by atoms with Gasteiger partial charge >= 0.3 is 5.97 Å². The maximum Gasteiger partial charge on any atom is 0.326 e. The Hall–Kier alpha value is -5.69. The van der Waals surface area contributed by atoms with Gasteiger partial charge in [-0.05, 0) is 152 Å². The molecule has 0 aromatic rings. The number of thioether (sulfide) groups is 2. The van der Waals surface area contributed by atoms with Gasteiger partial charge in [0.15, 0.2) is 11.9 Å². The molecule has 0 radical (unpaired) electrons. The summed E-state index contributed by atoms with van der Waals surface area (Å²) in [6.45, 7) is 8.53. The summed E-state index contributed by atoms with van der Waals surface area (Å²) >= 11 is 2.82. The second-order valence-corrected chi connectivity index (χ2v) is 22.7. The molecule has 0 aromatic carbocycles. The molecule has 0 rings (SSSR count). The molecule has 10 atom stereocenters. The van der Waals surface area contributed by atoms with E-state index >= 15 is 0 Å². The Morgan fingerprint density at radius 2 is 0.768 bits per heavy atom. The number of carbonyl (C=O) groups excluding carboxylic acids is 8. The average Bonchev–Trinajstić information content (AvgIpc) is 3.50. The van der Waals surface area contributed by atoms with Gasteiger partial charge in [-0.1, -0.05) is 40.5 Å². The lowest BCUT2D eigenvalue weighted by Gasteiger charge is -2.30. The fourth-order valence-electron chi connectivity index (χ4n) is 8.27. The van der Waals surface area contributed by atoms with Crippen molar-refractivity contribution in [3.8, 4) is 0 Å². The van der Waals surface area contributed by atoms with Crippen LogP contribution in [0, 0.1) is 11.8 Å². The third-order valence-electron chi connectivity index (χ3n) is 13.2. The highest BCUT2D eigenvalue weighted by Gasteiger charge is 2.36. The van der Waals surface area contributed by atoms with Gasteiger partial charge in [0.25, 0.3) is 0 Å². The lowest BCUT2D eigenvalue weighted by Crippen LogP contribution is -2.61. The monoisotopic (exact) mass is 1200 g/mol. The molecule has 30 heteroatoms. The van der Waals surface area contributed by atoms with Gasteiger partial charge in [-0.2, -0.15) is 23.5 Å². The average molecular weight is 1200 g/mol. The third kappa shape index (κ3) is 33.4. The topological polar surface area (TPSA) is 503 Å². The summed E-state index contributed by atoms with van der Waals surface area (Å²) < 4.78 is 0. The number of amides is 8. The number of hydrogen-bond donors (Lipinski definition) is 17. The number of aliphatic carboxylic acids is 1. The lowest BCUT2D eigenvalue weighted by atomic mass is 9.96. The van der Waals surface area contributed by atoms with Gasteiger partial charge in [0.2, 0.25) is 47.3 Å². The molecule has 0 heterocycles. The molecule has 472 valence electrons. The number of carbonyl (C=O) groups is 9. The molecule has 0 fully saturated rings. The molecule has 0 aliphatic rings. The van der Waals surface area contributed by atoms with E-state index in [2.05, 4.69) is 52.5 Å². The van der Waals surface area contributed by atoms with E-state index < -0.39 is 114 Å². The summed E-state index contributed by atoms with van der Waals surface area (Å²) in [5, 5.41) is 31.8. The van der Waals surface area contributed by atoms with E-state index in [1.54, 1.807) is 13.2 Å². The van der Waals surface area contributed by atoms with Crippen LogP contribution in [0.3, 0.4) is 0 Å². The van der Waals surface area contributed by atoms with E-state index in [0.29, 0.717) is 76.0 Å². The maximum absolute atomic E-state index is 14.4. The largest absolute Gasteiger partial charge is 0.480 e. The molecule has 82 heavy (non-hydrogen) atoms. The summed E-state index contributed by atoms with van der Waals surface area (Å²) in [7, 11) is 0. The zero-order chi connectivity index (χ0) is 62.2. The fourth-order valence-corrected chi connectivity index (χ4v) is 9.21. The van der Waals surface area contributed by atoms with Crippen LogP contribution in [0.2, 0.25) is 0 Å². The van der Waals surface area contributed by atoms with Crippen molar-refractivity contribution in [3.05, 3.63) is 0 Å². The summed E-state index contributed by atoms with van der Waals surface area (Å²) in [6, 6.07) is -10.6. The molecule has 25 N–H and O–H groups in total. The van der Waals surface area contributed by atoms with E-state index in [-0.39, 0.29) is 95.3 Å². The molecule has 0 aliphatic carbocycles. The normalized spacial score (nSPS) is 14.8. The SMILES string of the molecule is CC[C@H](C)[C@H](NC(=O)[C@H](CCCN=C(N)N)NC(=O)[C@@H](N)CCCCN)C(=O)N[C@@H](CCSC)C(=O)N[C@@H](CCCCN)C(=O)N[C@@H](CC(C)C)C(=O)N[C@@H](CCCCN)C(=O)N[C@@H](CCSC)C(=O)N[C@@H](CCCN=C(N)N)C(=O)O. The van der Waals surface area contributed by atoms with Crippen LogP contribution >= 0.6 is 23.5 Å². The number of carboxylic acids is 1. The predicted molar refractivity (Wildman–Crippen MR) is 325 cm³/mol. The highest BCUT2D eigenvalue weighted by Crippen LogP contribution is 2.15. The highest BCUT2D eigenvalue weighted by molar-refractivity contribution is 7.98. The van der Waals surface area contributed by atoms with Gasteiger partial charge < -0.3 is 93.5 Å². The van der Waals surface area contributed by atoms with E-state index in [1.807, 2.05) is 27.0 Å². The van der Waals surface area contributed by atoms with Crippen molar-refractivity contribution in [2.45, 2.75) is 191 Å². The Bertz CT molecular complexity index is 2000. The molecule has 0 saturated carbocycles. The number of nitrogens with two attached hydrogens (primary N) is 8. The first-order valence-corrected chi connectivity index (χ1v) is 31.3. The molecule has 0 saturated heterocycles. The first-order chi connectivity index (χ1) is 38.9. The minimum Gasteiger partial charge on any atom is -0.480 e. The number of rotatable bonds is 47. The van der Waals surface area contributed by atoms with Crippen LogP contribution in [-0.4, -0.2) is 181 Å². The van der Waals surface area contributed by atoms with Crippen molar-refractivity contribution >= 4 is 88.7 Å². The standard InChI is InChI=1S/C52H102N18O10S2/c1-7-32(4)41(70-47(76)36(19-14-26-61-51(57)58)63-42(71)33(56)16-8-11-23-53)49(78)67-38(22-29-82-6)45(74)64-35(18-10-13-25-55)44(73)69-40(30-31(2)3)48(77)65-34(17-9-12-24-54)43(72)66-37(21-28-81-5)46(75)68-39(50(79)80)20-15-27-62-52(59)60/h31-41H,7-30,53-56H2,1-6H3,(H,63,71)(H,64,74)(H,65,77)(H,66,72)(H,67,78)(H,68,75)(H,69,73)(H,70,76)(H,79,80)(H4,57,58,61)(H4,59,60,62)/t32-,33-,34-,35-,36-,37-,38-,39-,40-,41-/m0/s1. The Balaban J connectivity index is 6.82. The van der Waals surface area contributed by atoms with Gasteiger partial charge in [-0.15, -0.1) is 0 Å². The van der Waals surface area contributed by atoms with Crippen LogP contribution in [0.1, 0.15) is 137 Å². The summed E-state index contributed by atoms with van der Waals surface area (Å²) in [5.41, 5.74) is 45.1. The van der Waals surface area contributed by atoms with Crippen LogP contribution in [0.15, 0.2) is 9.98 Å². The van der Waals surface area contributed by atoms with E-state index in [9.17, 15) is 48.3 Å². The number of carboxylic acid groups (broad SMARTS) is 1. The number of aliphatic imine (C=N–C) groups is 2.